The number of carbonyl (C=O) groups excluding carboxylic acids is 1. The average Bonchev–Trinajstić information content (AvgIpc) is 2.45. The van der Waals surface area contributed by atoms with E-state index in [1.54, 1.807) is 4.68 Å². The van der Waals surface area contributed by atoms with Crippen LogP contribution in [0.3, 0.4) is 0 Å². The minimum absolute atomic E-state index is 0.0461. The first-order chi connectivity index (χ1) is 7.45. The molecule has 1 heterocycles. The molecule has 0 spiro atoms. The second-order valence-corrected chi connectivity index (χ2v) is 4.63. The van der Waals surface area contributed by atoms with Crippen LogP contribution < -0.4 is 5.73 Å². The standard InChI is InChI=1S/C12H21N3O/c1-8(2)11(7-13)12(16)6-10-5-9(3)14-15(10)4/h5,8,11H,6-7,13H2,1-4H3. The first-order valence-corrected chi connectivity index (χ1v) is 5.68. The Bertz CT molecular complexity index is 368. The van der Waals surface area contributed by atoms with Crippen molar-refractivity contribution in [2.75, 3.05) is 6.54 Å². The second-order valence-electron chi connectivity index (χ2n) is 4.63. The minimum atomic E-state index is -0.0461. The molecule has 1 rings (SSSR count). The third-order valence-corrected chi connectivity index (χ3v) is 2.93. The minimum Gasteiger partial charge on any atom is -0.330 e. The maximum atomic E-state index is 12.0. The SMILES string of the molecule is Cc1cc(CC(=O)C(CN)C(C)C)n(C)n1. The zero-order valence-corrected chi connectivity index (χ0v) is 10.5. The van der Waals surface area contributed by atoms with E-state index in [2.05, 4.69) is 5.10 Å². The van der Waals surface area contributed by atoms with Gasteiger partial charge in [-0.3, -0.25) is 9.48 Å². The van der Waals surface area contributed by atoms with Gasteiger partial charge in [0.25, 0.3) is 0 Å². The monoisotopic (exact) mass is 223 g/mol. The van der Waals surface area contributed by atoms with Crippen molar-refractivity contribution in [3.05, 3.63) is 17.5 Å². The average molecular weight is 223 g/mol. The fraction of sp³-hybridized carbons (Fsp3) is 0.667. The molecule has 1 aromatic rings. The summed E-state index contributed by atoms with van der Waals surface area (Å²) in [6.45, 7) is 6.41. The third-order valence-electron chi connectivity index (χ3n) is 2.93. The largest absolute Gasteiger partial charge is 0.330 e. The van der Waals surface area contributed by atoms with Crippen molar-refractivity contribution >= 4 is 5.78 Å². The van der Waals surface area contributed by atoms with Gasteiger partial charge in [-0.2, -0.15) is 5.10 Å². The smallest absolute Gasteiger partial charge is 0.143 e. The van der Waals surface area contributed by atoms with Gasteiger partial charge in [-0.25, -0.2) is 0 Å². The molecule has 1 unspecified atom stereocenters. The summed E-state index contributed by atoms with van der Waals surface area (Å²) >= 11 is 0. The van der Waals surface area contributed by atoms with Crippen LogP contribution in [0.5, 0.6) is 0 Å². The van der Waals surface area contributed by atoms with E-state index in [4.69, 9.17) is 5.73 Å². The van der Waals surface area contributed by atoms with Crippen LogP contribution in [-0.2, 0) is 18.3 Å². The number of Topliss-reactive ketones (excluding diaryl/α,β-unsaturated/α-hetero) is 1. The molecule has 0 radical (unpaired) electrons. The maximum Gasteiger partial charge on any atom is 0.143 e. The summed E-state index contributed by atoms with van der Waals surface area (Å²) in [5.41, 5.74) is 7.53. The molecule has 16 heavy (non-hydrogen) atoms. The van der Waals surface area contributed by atoms with Gasteiger partial charge in [0.1, 0.15) is 5.78 Å². The summed E-state index contributed by atoms with van der Waals surface area (Å²) in [6.07, 6.45) is 0.428. The predicted octanol–water partition coefficient (Wildman–Crippen LogP) is 1.07. The summed E-state index contributed by atoms with van der Waals surface area (Å²) in [4.78, 5) is 12.0. The molecule has 2 N–H and O–H groups in total. The molecule has 0 saturated heterocycles. The lowest BCUT2D eigenvalue weighted by Crippen LogP contribution is -2.30. The van der Waals surface area contributed by atoms with Gasteiger partial charge < -0.3 is 5.73 Å². The molecular formula is C12H21N3O. The van der Waals surface area contributed by atoms with Crippen molar-refractivity contribution < 1.29 is 4.79 Å². The number of rotatable bonds is 5. The third kappa shape index (κ3) is 2.92. The number of hydrogen-bond donors (Lipinski definition) is 1. The number of carbonyl (C=O) groups is 1. The molecule has 0 aliphatic carbocycles. The molecule has 1 aromatic heterocycles. The van der Waals surface area contributed by atoms with E-state index >= 15 is 0 Å². The van der Waals surface area contributed by atoms with Gasteiger partial charge >= 0.3 is 0 Å². The van der Waals surface area contributed by atoms with Crippen LogP contribution in [0.15, 0.2) is 6.07 Å². The van der Waals surface area contributed by atoms with Crippen LogP contribution in [0.25, 0.3) is 0 Å². The van der Waals surface area contributed by atoms with E-state index in [9.17, 15) is 4.79 Å². The Hall–Kier alpha value is -1.16. The van der Waals surface area contributed by atoms with Crippen LogP contribution in [0.4, 0.5) is 0 Å². The predicted molar refractivity (Wildman–Crippen MR) is 64.0 cm³/mol. The molecule has 90 valence electrons. The Balaban J connectivity index is 2.74. The number of nitrogens with two attached hydrogens (primary N) is 1. The highest BCUT2D eigenvalue weighted by Crippen LogP contribution is 2.14. The highest BCUT2D eigenvalue weighted by Gasteiger charge is 2.21. The molecule has 1 atom stereocenters. The van der Waals surface area contributed by atoms with E-state index in [-0.39, 0.29) is 11.7 Å². The van der Waals surface area contributed by atoms with Gasteiger partial charge in [0.2, 0.25) is 0 Å². The Labute approximate surface area is 96.8 Å². The van der Waals surface area contributed by atoms with Gasteiger partial charge in [-0.1, -0.05) is 13.8 Å². The van der Waals surface area contributed by atoms with Gasteiger partial charge in [0.15, 0.2) is 0 Å². The molecule has 0 aromatic carbocycles. The lowest BCUT2D eigenvalue weighted by Gasteiger charge is -2.17. The van der Waals surface area contributed by atoms with Crippen LogP contribution in [0, 0.1) is 18.8 Å². The van der Waals surface area contributed by atoms with Crippen molar-refractivity contribution in [1.82, 2.24) is 9.78 Å². The lowest BCUT2D eigenvalue weighted by molar-refractivity contribution is -0.123. The lowest BCUT2D eigenvalue weighted by atomic mass is 9.89. The summed E-state index contributed by atoms with van der Waals surface area (Å²) in [7, 11) is 1.86. The summed E-state index contributed by atoms with van der Waals surface area (Å²) in [5.74, 6) is 0.461. The Morgan fingerprint density at radius 3 is 2.56 bits per heavy atom. The molecule has 0 aliphatic heterocycles. The first-order valence-electron chi connectivity index (χ1n) is 5.68. The van der Waals surface area contributed by atoms with Crippen molar-refractivity contribution in [1.29, 1.82) is 0 Å². The number of nitrogens with zero attached hydrogens (tertiary/aromatic N) is 2. The van der Waals surface area contributed by atoms with E-state index in [0.717, 1.165) is 11.4 Å². The maximum absolute atomic E-state index is 12.0. The Morgan fingerprint density at radius 1 is 1.56 bits per heavy atom. The van der Waals surface area contributed by atoms with E-state index in [0.29, 0.717) is 18.9 Å². The van der Waals surface area contributed by atoms with E-state index in [1.165, 1.54) is 0 Å². The van der Waals surface area contributed by atoms with Crippen LogP contribution in [-0.4, -0.2) is 22.1 Å². The molecule has 0 fully saturated rings. The van der Waals surface area contributed by atoms with Crippen LogP contribution >= 0.6 is 0 Å². The molecular weight excluding hydrogens is 202 g/mol. The fourth-order valence-electron chi connectivity index (χ4n) is 1.91. The Morgan fingerprint density at radius 2 is 2.19 bits per heavy atom. The summed E-state index contributed by atoms with van der Waals surface area (Å²) in [6, 6.07) is 1.95. The quantitative estimate of drug-likeness (QED) is 0.812. The molecule has 0 saturated carbocycles. The highest BCUT2D eigenvalue weighted by atomic mass is 16.1. The molecule has 0 aliphatic rings. The molecule has 4 nitrogen and oxygen atoms in total. The highest BCUT2D eigenvalue weighted by molar-refractivity contribution is 5.83. The van der Waals surface area contributed by atoms with Crippen LogP contribution in [0.1, 0.15) is 25.2 Å². The number of aromatic nitrogens is 2. The van der Waals surface area contributed by atoms with E-state index < -0.39 is 0 Å². The van der Waals surface area contributed by atoms with Crippen molar-refractivity contribution in [3.8, 4) is 0 Å². The normalized spacial score (nSPS) is 13.1. The second kappa shape index (κ2) is 5.25. The van der Waals surface area contributed by atoms with Crippen molar-refractivity contribution in [2.24, 2.45) is 24.6 Å². The Kier molecular flexibility index (Phi) is 4.24. The first kappa shape index (κ1) is 12.9. The van der Waals surface area contributed by atoms with Gasteiger partial charge in [0, 0.05) is 31.6 Å². The summed E-state index contributed by atoms with van der Waals surface area (Å²) < 4.78 is 1.77. The van der Waals surface area contributed by atoms with Gasteiger partial charge in [0.05, 0.1) is 5.69 Å². The molecule has 0 bridgehead atoms. The van der Waals surface area contributed by atoms with Crippen molar-refractivity contribution in [2.45, 2.75) is 27.2 Å². The van der Waals surface area contributed by atoms with Gasteiger partial charge in [-0.05, 0) is 18.9 Å². The number of aryl methyl sites for hydroxylation is 2. The van der Waals surface area contributed by atoms with E-state index in [1.807, 2.05) is 33.9 Å². The van der Waals surface area contributed by atoms with Crippen molar-refractivity contribution in [3.63, 3.8) is 0 Å². The van der Waals surface area contributed by atoms with Crippen LogP contribution in [0.2, 0.25) is 0 Å². The zero-order valence-electron chi connectivity index (χ0n) is 10.5. The van der Waals surface area contributed by atoms with Gasteiger partial charge in [-0.15, -0.1) is 0 Å². The summed E-state index contributed by atoms with van der Waals surface area (Å²) in [5, 5.41) is 4.23. The fourth-order valence-corrected chi connectivity index (χ4v) is 1.91. The number of ketones is 1. The molecule has 4 heteroatoms. The zero-order chi connectivity index (χ0) is 12.3. The molecule has 0 amide bonds. The number of hydrogen-bond acceptors (Lipinski definition) is 3. The topological polar surface area (TPSA) is 60.9 Å².